The van der Waals surface area contributed by atoms with Crippen molar-refractivity contribution in [3.63, 3.8) is 0 Å². The molecule has 1 aliphatic carbocycles. The van der Waals surface area contributed by atoms with Gasteiger partial charge in [-0.3, -0.25) is 19.3 Å². The molecular weight excluding hydrogens is 420 g/mol. The molecule has 0 bridgehead atoms. The minimum Gasteiger partial charge on any atom is -0.326 e. The zero-order valence-electron chi connectivity index (χ0n) is 18.6. The Kier molecular flexibility index (Phi) is 6.44. The molecule has 0 unspecified atom stereocenters. The first-order chi connectivity index (χ1) is 15.9. The van der Waals surface area contributed by atoms with E-state index in [-0.39, 0.29) is 30.7 Å². The van der Waals surface area contributed by atoms with Gasteiger partial charge in [-0.15, -0.1) is 0 Å². The predicted octanol–water partition coefficient (Wildman–Crippen LogP) is 3.83. The summed E-state index contributed by atoms with van der Waals surface area (Å²) in [7, 11) is 0. The highest BCUT2D eigenvalue weighted by atomic mass is 16.2. The lowest BCUT2D eigenvalue weighted by Crippen LogP contribution is -2.48. The monoisotopic (exact) mass is 448 g/mol. The van der Waals surface area contributed by atoms with Crippen LogP contribution >= 0.6 is 0 Å². The summed E-state index contributed by atoms with van der Waals surface area (Å²) in [6.45, 7) is 1.78. The average Bonchev–Trinajstić information content (AvgIpc) is 3.03. The van der Waals surface area contributed by atoms with E-state index in [1.807, 2.05) is 18.2 Å². The minimum absolute atomic E-state index is 0.0187. The van der Waals surface area contributed by atoms with E-state index in [1.54, 1.807) is 37.3 Å². The first kappa shape index (κ1) is 22.5. The molecule has 2 aliphatic rings. The molecule has 5 amide bonds. The van der Waals surface area contributed by atoms with E-state index in [0.29, 0.717) is 35.3 Å². The molecular formula is C25H28N4O4. The van der Waals surface area contributed by atoms with E-state index in [0.717, 1.165) is 24.2 Å². The topological polar surface area (TPSA) is 108 Å². The number of benzene rings is 2. The molecule has 2 fully saturated rings. The number of carbonyl (C=O) groups excluding carboxylic acids is 4. The average molecular weight is 449 g/mol. The summed E-state index contributed by atoms with van der Waals surface area (Å²) < 4.78 is 0. The van der Waals surface area contributed by atoms with E-state index in [4.69, 9.17) is 0 Å². The standard InChI is InChI=1S/C25H28N4O4/c1-17-19(22(31)26-18-9-4-2-5-10-18)11-8-12-20(17)27-21(30)13-16-29-23(32)25(28-24(29)33)14-6-3-7-15-25/h2,4-5,8-12H,3,6-7,13-16H2,1H3,(H,26,31)(H,27,30)(H,28,33). The highest BCUT2D eigenvalue weighted by Gasteiger charge is 2.51. The number of hydrogen-bond donors (Lipinski definition) is 3. The molecule has 172 valence electrons. The number of amides is 5. The van der Waals surface area contributed by atoms with E-state index in [9.17, 15) is 19.2 Å². The number of anilines is 2. The van der Waals surface area contributed by atoms with Crippen LogP contribution in [0.5, 0.6) is 0 Å². The van der Waals surface area contributed by atoms with Crippen molar-refractivity contribution in [1.29, 1.82) is 0 Å². The summed E-state index contributed by atoms with van der Waals surface area (Å²) in [4.78, 5) is 51.7. The fourth-order valence-corrected chi connectivity index (χ4v) is 4.54. The van der Waals surface area contributed by atoms with E-state index in [1.165, 1.54) is 0 Å². The second kappa shape index (κ2) is 9.44. The van der Waals surface area contributed by atoms with E-state index < -0.39 is 11.6 Å². The van der Waals surface area contributed by atoms with Crippen molar-refractivity contribution in [3.8, 4) is 0 Å². The van der Waals surface area contributed by atoms with E-state index >= 15 is 0 Å². The van der Waals surface area contributed by atoms with Gasteiger partial charge >= 0.3 is 6.03 Å². The Balaban J connectivity index is 1.37. The number of urea groups is 1. The number of nitrogens with zero attached hydrogens (tertiary/aromatic N) is 1. The SMILES string of the molecule is Cc1c(NC(=O)CCN2C(=O)NC3(CCCCC3)C2=O)cccc1C(=O)Nc1ccccc1. The smallest absolute Gasteiger partial charge is 0.325 e. The summed E-state index contributed by atoms with van der Waals surface area (Å²) in [5, 5.41) is 8.50. The van der Waals surface area contributed by atoms with Gasteiger partial charge in [0.2, 0.25) is 5.91 Å². The predicted molar refractivity (Wildman–Crippen MR) is 125 cm³/mol. The molecule has 33 heavy (non-hydrogen) atoms. The molecule has 1 saturated carbocycles. The van der Waals surface area contributed by atoms with Crippen molar-refractivity contribution in [2.24, 2.45) is 0 Å². The van der Waals surface area contributed by atoms with Gasteiger partial charge in [-0.2, -0.15) is 0 Å². The molecule has 8 nitrogen and oxygen atoms in total. The Labute approximate surface area is 192 Å². The van der Waals surface area contributed by atoms with Gasteiger partial charge in [0, 0.05) is 29.9 Å². The highest BCUT2D eigenvalue weighted by molar-refractivity contribution is 6.08. The zero-order valence-corrected chi connectivity index (χ0v) is 18.6. The molecule has 1 saturated heterocycles. The maximum atomic E-state index is 12.9. The summed E-state index contributed by atoms with van der Waals surface area (Å²) in [6.07, 6.45) is 4.17. The molecule has 2 aromatic rings. The molecule has 2 aromatic carbocycles. The van der Waals surface area contributed by atoms with Crippen molar-refractivity contribution in [1.82, 2.24) is 10.2 Å². The van der Waals surface area contributed by atoms with Crippen LogP contribution in [-0.4, -0.2) is 40.7 Å². The fourth-order valence-electron chi connectivity index (χ4n) is 4.54. The first-order valence-corrected chi connectivity index (χ1v) is 11.3. The van der Waals surface area contributed by atoms with Crippen LogP contribution in [0.2, 0.25) is 0 Å². The van der Waals surface area contributed by atoms with Gasteiger partial charge in [-0.25, -0.2) is 4.79 Å². The van der Waals surface area contributed by atoms with Gasteiger partial charge in [0.15, 0.2) is 0 Å². The van der Waals surface area contributed by atoms with Crippen LogP contribution in [0.3, 0.4) is 0 Å². The Morgan fingerprint density at radius 1 is 0.970 bits per heavy atom. The van der Waals surface area contributed by atoms with Gasteiger partial charge in [0.05, 0.1) is 0 Å². The molecule has 1 aliphatic heterocycles. The quantitative estimate of drug-likeness (QED) is 0.584. The normalized spacial score (nSPS) is 17.1. The van der Waals surface area contributed by atoms with Gasteiger partial charge in [-0.05, 0) is 49.6 Å². The van der Waals surface area contributed by atoms with Crippen LogP contribution in [0.4, 0.5) is 16.2 Å². The van der Waals surface area contributed by atoms with Gasteiger partial charge in [0.1, 0.15) is 5.54 Å². The molecule has 0 radical (unpaired) electrons. The van der Waals surface area contributed by atoms with Crippen molar-refractivity contribution >= 4 is 35.1 Å². The Morgan fingerprint density at radius 3 is 2.42 bits per heavy atom. The third-order valence-corrected chi connectivity index (χ3v) is 6.40. The Hall–Kier alpha value is -3.68. The minimum atomic E-state index is -0.789. The lowest BCUT2D eigenvalue weighted by Gasteiger charge is -2.30. The number of hydrogen-bond acceptors (Lipinski definition) is 4. The highest BCUT2D eigenvalue weighted by Crippen LogP contribution is 2.33. The van der Waals surface area contributed by atoms with Crippen LogP contribution in [0.25, 0.3) is 0 Å². The first-order valence-electron chi connectivity index (χ1n) is 11.3. The second-order valence-electron chi connectivity index (χ2n) is 8.63. The summed E-state index contributed by atoms with van der Waals surface area (Å²) in [5.41, 5.74) is 1.49. The van der Waals surface area contributed by atoms with Crippen molar-refractivity contribution in [2.45, 2.75) is 51.0 Å². The molecule has 0 atom stereocenters. The van der Waals surface area contributed by atoms with Crippen LogP contribution in [0.15, 0.2) is 48.5 Å². The molecule has 8 heteroatoms. The van der Waals surface area contributed by atoms with Crippen molar-refractivity contribution < 1.29 is 19.2 Å². The second-order valence-corrected chi connectivity index (χ2v) is 8.63. The Bertz CT molecular complexity index is 1080. The molecule has 0 aromatic heterocycles. The third kappa shape index (κ3) is 4.74. The van der Waals surface area contributed by atoms with Crippen molar-refractivity contribution in [2.75, 3.05) is 17.2 Å². The lowest BCUT2D eigenvalue weighted by atomic mass is 9.82. The molecule has 4 rings (SSSR count). The summed E-state index contributed by atoms with van der Waals surface area (Å²) >= 11 is 0. The molecule has 3 N–H and O–H groups in total. The van der Waals surface area contributed by atoms with Crippen molar-refractivity contribution in [3.05, 3.63) is 59.7 Å². The Morgan fingerprint density at radius 2 is 1.70 bits per heavy atom. The summed E-state index contributed by atoms with van der Waals surface area (Å²) in [5.74, 6) is -0.827. The van der Waals surface area contributed by atoms with Crippen LogP contribution in [0, 0.1) is 6.92 Å². The van der Waals surface area contributed by atoms with Crippen LogP contribution in [0.1, 0.15) is 54.4 Å². The molecule has 1 spiro atoms. The third-order valence-electron chi connectivity index (χ3n) is 6.40. The maximum absolute atomic E-state index is 12.9. The fraction of sp³-hybridized carbons (Fsp3) is 0.360. The van der Waals surface area contributed by atoms with Gasteiger partial charge in [0.25, 0.3) is 11.8 Å². The van der Waals surface area contributed by atoms with E-state index in [2.05, 4.69) is 16.0 Å². The summed E-state index contributed by atoms with van der Waals surface area (Å²) in [6, 6.07) is 13.8. The number of imide groups is 1. The van der Waals surface area contributed by atoms with Crippen LogP contribution < -0.4 is 16.0 Å². The number of carbonyl (C=O) groups is 4. The lowest BCUT2D eigenvalue weighted by molar-refractivity contribution is -0.132. The number of para-hydroxylation sites is 1. The number of nitrogens with one attached hydrogen (secondary N) is 3. The zero-order chi connectivity index (χ0) is 23.4. The number of rotatable bonds is 6. The van der Waals surface area contributed by atoms with Gasteiger partial charge < -0.3 is 16.0 Å². The largest absolute Gasteiger partial charge is 0.326 e. The molecule has 1 heterocycles. The maximum Gasteiger partial charge on any atom is 0.325 e. The van der Waals surface area contributed by atoms with Gasteiger partial charge in [-0.1, -0.05) is 43.5 Å². The van der Waals surface area contributed by atoms with Crippen LogP contribution in [-0.2, 0) is 9.59 Å².